The van der Waals surface area contributed by atoms with Crippen molar-refractivity contribution in [3.63, 3.8) is 0 Å². The molecule has 19 heavy (non-hydrogen) atoms. The lowest BCUT2D eigenvalue weighted by molar-refractivity contribution is -0.116. The summed E-state index contributed by atoms with van der Waals surface area (Å²) in [5.41, 5.74) is 2.82. The highest BCUT2D eigenvalue weighted by Gasteiger charge is 2.14. The minimum Gasteiger partial charge on any atom is -0.374 e. The molecule has 1 atom stereocenters. The Morgan fingerprint density at radius 2 is 1.95 bits per heavy atom. The zero-order valence-corrected chi connectivity index (χ0v) is 11.2. The van der Waals surface area contributed by atoms with Gasteiger partial charge < -0.3 is 9.84 Å². The van der Waals surface area contributed by atoms with E-state index in [1.165, 1.54) is 5.56 Å². The molecule has 100 valence electrons. The van der Waals surface area contributed by atoms with E-state index < -0.39 is 0 Å². The first kappa shape index (κ1) is 13.1. The van der Waals surface area contributed by atoms with Crippen molar-refractivity contribution in [2.45, 2.75) is 26.8 Å². The molecule has 0 saturated carbocycles. The van der Waals surface area contributed by atoms with Crippen molar-refractivity contribution in [1.82, 2.24) is 5.16 Å². The lowest BCUT2D eigenvalue weighted by Crippen LogP contribution is -2.31. The van der Waals surface area contributed by atoms with Gasteiger partial charge in [-0.3, -0.25) is 10.1 Å². The van der Waals surface area contributed by atoms with E-state index in [0.29, 0.717) is 5.88 Å². The van der Waals surface area contributed by atoms with Gasteiger partial charge in [0.25, 0.3) is 0 Å². The van der Waals surface area contributed by atoms with Crippen molar-refractivity contribution in [1.29, 1.82) is 0 Å². The molecule has 0 aliphatic rings. The lowest BCUT2D eigenvalue weighted by Gasteiger charge is -2.14. The van der Waals surface area contributed by atoms with Crippen molar-refractivity contribution in [2.75, 3.05) is 10.6 Å². The second-order valence-corrected chi connectivity index (χ2v) is 4.55. The highest BCUT2D eigenvalue weighted by molar-refractivity contribution is 5.95. The zero-order valence-electron chi connectivity index (χ0n) is 11.2. The maximum atomic E-state index is 11.9. The Balaban J connectivity index is 1.94. The van der Waals surface area contributed by atoms with Gasteiger partial charge in [-0.15, -0.1) is 0 Å². The van der Waals surface area contributed by atoms with E-state index in [2.05, 4.69) is 15.8 Å². The van der Waals surface area contributed by atoms with Crippen LogP contribution >= 0.6 is 0 Å². The molecule has 2 aromatic rings. The number of aryl methyl sites for hydroxylation is 2. The summed E-state index contributed by atoms with van der Waals surface area (Å²) < 4.78 is 4.94. The number of nitrogens with zero attached hydrogens (tertiary/aromatic N) is 1. The normalized spacial score (nSPS) is 11.9. The molecule has 0 fully saturated rings. The number of carbonyl (C=O) groups excluding carboxylic acids is 1. The third-order valence-electron chi connectivity index (χ3n) is 2.70. The average Bonchev–Trinajstić information content (AvgIpc) is 2.77. The van der Waals surface area contributed by atoms with Crippen LogP contribution in [0.1, 0.15) is 18.2 Å². The number of rotatable bonds is 4. The molecule has 2 N–H and O–H groups in total. The van der Waals surface area contributed by atoms with Gasteiger partial charge in [0.15, 0.2) is 0 Å². The summed E-state index contributed by atoms with van der Waals surface area (Å²) in [5.74, 6) is 0.191. The van der Waals surface area contributed by atoms with E-state index in [4.69, 9.17) is 4.52 Å². The van der Waals surface area contributed by atoms with E-state index in [1.807, 2.05) is 31.2 Å². The van der Waals surface area contributed by atoms with Crippen LogP contribution in [0.25, 0.3) is 0 Å². The van der Waals surface area contributed by atoms with Crippen LogP contribution in [-0.4, -0.2) is 17.1 Å². The molecule has 0 saturated heterocycles. The molecule has 2 rings (SSSR count). The number of hydrogen-bond donors (Lipinski definition) is 2. The van der Waals surface area contributed by atoms with Gasteiger partial charge in [-0.2, -0.15) is 0 Å². The second kappa shape index (κ2) is 5.56. The fourth-order valence-corrected chi connectivity index (χ4v) is 1.62. The SMILES string of the molecule is Cc1ccc(NC(C)C(=O)Nc2cc(C)no2)cc1. The van der Waals surface area contributed by atoms with E-state index in [-0.39, 0.29) is 11.9 Å². The quantitative estimate of drug-likeness (QED) is 0.886. The van der Waals surface area contributed by atoms with Crippen LogP contribution in [0.3, 0.4) is 0 Å². The van der Waals surface area contributed by atoms with Gasteiger partial charge in [0.2, 0.25) is 11.8 Å². The van der Waals surface area contributed by atoms with Crippen LogP contribution in [0.15, 0.2) is 34.9 Å². The summed E-state index contributed by atoms with van der Waals surface area (Å²) in [6.45, 7) is 5.61. The zero-order chi connectivity index (χ0) is 13.8. The van der Waals surface area contributed by atoms with Crippen molar-refractivity contribution in [3.05, 3.63) is 41.6 Å². The summed E-state index contributed by atoms with van der Waals surface area (Å²) in [6.07, 6.45) is 0. The van der Waals surface area contributed by atoms with Gasteiger partial charge in [0.1, 0.15) is 6.04 Å². The van der Waals surface area contributed by atoms with Crippen molar-refractivity contribution >= 4 is 17.5 Å². The van der Waals surface area contributed by atoms with Gasteiger partial charge in [-0.1, -0.05) is 22.9 Å². The summed E-state index contributed by atoms with van der Waals surface area (Å²) in [7, 11) is 0. The Morgan fingerprint density at radius 3 is 2.53 bits per heavy atom. The molecular weight excluding hydrogens is 242 g/mol. The Bertz CT molecular complexity index is 560. The first-order valence-electron chi connectivity index (χ1n) is 6.12. The first-order valence-corrected chi connectivity index (χ1v) is 6.12. The van der Waals surface area contributed by atoms with Crippen LogP contribution in [0.5, 0.6) is 0 Å². The molecule has 5 heteroatoms. The molecule has 1 aromatic heterocycles. The van der Waals surface area contributed by atoms with Crippen LogP contribution in [0.2, 0.25) is 0 Å². The van der Waals surface area contributed by atoms with Crippen LogP contribution < -0.4 is 10.6 Å². The van der Waals surface area contributed by atoms with E-state index in [1.54, 1.807) is 19.9 Å². The van der Waals surface area contributed by atoms with E-state index in [9.17, 15) is 4.79 Å². The molecule has 0 spiro atoms. The average molecular weight is 259 g/mol. The fourth-order valence-electron chi connectivity index (χ4n) is 1.62. The van der Waals surface area contributed by atoms with Crippen LogP contribution in [0, 0.1) is 13.8 Å². The first-order chi connectivity index (χ1) is 9.04. The minimum atomic E-state index is -0.367. The van der Waals surface area contributed by atoms with E-state index in [0.717, 1.165) is 11.4 Å². The van der Waals surface area contributed by atoms with Gasteiger partial charge >= 0.3 is 0 Å². The molecule has 1 heterocycles. The molecule has 5 nitrogen and oxygen atoms in total. The fraction of sp³-hybridized carbons (Fsp3) is 0.286. The summed E-state index contributed by atoms with van der Waals surface area (Å²) in [6, 6.07) is 9.18. The number of carbonyl (C=O) groups is 1. The smallest absolute Gasteiger partial charge is 0.248 e. The number of hydrogen-bond acceptors (Lipinski definition) is 4. The third-order valence-corrected chi connectivity index (χ3v) is 2.70. The van der Waals surface area contributed by atoms with Crippen LogP contribution in [-0.2, 0) is 4.79 Å². The third kappa shape index (κ3) is 3.58. The molecule has 1 amide bonds. The maximum absolute atomic E-state index is 11.9. The molecule has 0 aliphatic carbocycles. The molecule has 1 unspecified atom stereocenters. The predicted octanol–water partition coefficient (Wildman–Crippen LogP) is 2.73. The van der Waals surface area contributed by atoms with Gasteiger partial charge in [-0.05, 0) is 32.9 Å². The number of amides is 1. The van der Waals surface area contributed by atoms with Crippen LogP contribution in [0.4, 0.5) is 11.6 Å². The summed E-state index contributed by atoms with van der Waals surface area (Å²) >= 11 is 0. The number of benzene rings is 1. The molecule has 0 bridgehead atoms. The van der Waals surface area contributed by atoms with Gasteiger partial charge in [0.05, 0.1) is 5.69 Å². The minimum absolute atomic E-state index is 0.170. The largest absolute Gasteiger partial charge is 0.374 e. The Kier molecular flexibility index (Phi) is 3.85. The maximum Gasteiger partial charge on any atom is 0.248 e. The lowest BCUT2D eigenvalue weighted by atomic mass is 10.2. The highest BCUT2D eigenvalue weighted by Crippen LogP contribution is 2.12. The van der Waals surface area contributed by atoms with Crippen molar-refractivity contribution in [2.24, 2.45) is 0 Å². The predicted molar refractivity (Wildman–Crippen MR) is 74.1 cm³/mol. The van der Waals surface area contributed by atoms with Gasteiger partial charge in [0, 0.05) is 11.8 Å². The number of nitrogens with one attached hydrogen (secondary N) is 2. The summed E-state index contributed by atoms with van der Waals surface area (Å²) in [4.78, 5) is 11.9. The number of anilines is 2. The van der Waals surface area contributed by atoms with E-state index >= 15 is 0 Å². The topological polar surface area (TPSA) is 67.2 Å². The molecule has 0 radical (unpaired) electrons. The second-order valence-electron chi connectivity index (χ2n) is 4.55. The Labute approximate surface area is 112 Å². The standard InChI is InChI=1S/C14H17N3O2/c1-9-4-6-12(7-5-9)15-11(3)14(18)16-13-8-10(2)17-19-13/h4-8,11,15H,1-3H3,(H,16,18). The molecular formula is C14H17N3O2. The summed E-state index contributed by atoms with van der Waals surface area (Å²) in [5, 5.41) is 9.50. The molecule has 1 aromatic carbocycles. The Hall–Kier alpha value is -2.30. The van der Waals surface area contributed by atoms with Gasteiger partial charge in [-0.25, -0.2) is 0 Å². The highest BCUT2D eigenvalue weighted by atomic mass is 16.5. The van der Waals surface area contributed by atoms with Crippen molar-refractivity contribution in [3.8, 4) is 0 Å². The monoisotopic (exact) mass is 259 g/mol. The molecule has 0 aliphatic heterocycles. The Morgan fingerprint density at radius 1 is 1.26 bits per heavy atom. The number of aromatic nitrogens is 1. The van der Waals surface area contributed by atoms with Crippen molar-refractivity contribution < 1.29 is 9.32 Å².